The Morgan fingerprint density at radius 2 is 1.91 bits per heavy atom. The number of nitrogens with one attached hydrogen (secondary N) is 1. The first-order valence-electron chi connectivity index (χ1n) is 11.6. The third kappa shape index (κ3) is 5.90. The lowest BCUT2D eigenvalue weighted by Crippen LogP contribution is -2.27. The maximum Gasteiger partial charge on any atom is 0.413 e. The minimum Gasteiger partial charge on any atom is -0.497 e. The van der Waals surface area contributed by atoms with Crippen LogP contribution in [0.25, 0.3) is 16.9 Å². The van der Waals surface area contributed by atoms with Crippen LogP contribution in [0.15, 0.2) is 43.0 Å². The van der Waals surface area contributed by atoms with Crippen LogP contribution in [-0.2, 0) is 4.74 Å². The molecule has 3 aromatic rings. The SMILES string of the molecule is COc1cc(OC2CCCC2)cc(-c2cc(NC(=O)OC(C)(C)C)nc(-n3ccnc3)c2C#N)c1. The Bertz CT molecular complexity index is 1240. The summed E-state index contributed by atoms with van der Waals surface area (Å²) < 4.78 is 18.8. The van der Waals surface area contributed by atoms with Gasteiger partial charge < -0.3 is 14.2 Å². The van der Waals surface area contributed by atoms with Gasteiger partial charge in [0.1, 0.15) is 40.9 Å². The lowest BCUT2D eigenvalue weighted by atomic mass is 10.00. The van der Waals surface area contributed by atoms with Crippen LogP contribution in [0.4, 0.5) is 10.6 Å². The molecule has 0 aliphatic heterocycles. The van der Waals surface area contributed by atoms with Crippen LogP contribution < -0.4 is 14.8 Å². The van der Waals surface area contributed by atoms with Gasteiger partial charge in [-0.15, -0.1) is 0 Å². The number of ether oxygens (including phenoxy) is 3. The smallest absolute Gasteiger partial charge is 0.413 e. The standard InChI is InChI=1S/C26H29N5O4/c1-26(2,3)35-25(32)30-23-14-21(22(15-27)24(29-23)31-10-9-28-16-31)17-11-19(33-4)13-20(12-17)34-18-7-5-6-8-18/h9-14,16,18H,5-8H2,1-4H3,(H,29,30,32). The number of anilines is 1. The van der Waals surface area contributed by atoms with Crippen LogP contribution in [-0.4, -0.2) is 39.4 Å². The Balaban J connectivity index is 1.81. The van der Waals surface area contributed by atoms with Crippen LogP contribution in [0.5, 0.6) is 11.5 Å². The maximum absolute atomic E-state index is 12.5. The van der Waals surface area contributed by atoms with Crippen LogP contribution in [0.3, 0.4) is 0 Å². The maximum atomic E-state index is 12.5. The molecule has 1 saturated carbocycles. The summed E-state index contributed by atoms with van der Waals surface area (Å²) in [4.78, 5) is 21.1. The first-order chi connectivity index (χ1) is 16.8. The number of aromatic nitrogens is 3. The average molecular weight is 476 g/mol. The number of amides is 1. The van der Waals surface area contributed by atoms with E-state index in [0.29, 0.717) is 34.0 Å². The fourth-order valence-electron chi connectivity index (χ4n) is 4.02. The fraction of sp³-hybridized carbons (Fsp3) is 0.385. The van der Waals surface area contributed by atoms with Gasteiger partial charge in [-0.2, -0.15) is 5.26 Å². The number of carbonyl (C=O) groups excluding carboxylic acids is 1. The highest BCUT2D eigenvalue weighted by Gasteiger charge is 2.22. The molecule has 1 aliphatic carbocycles. The molecule has 0 spiro atoms. The minimum absolute atomic E-state index is 0.161. The van der Waals surface area contributed by atoms with Crippen molar-refractivity contribution < 1.29 is 19.0 Å². The van der Waals surface area contributed by atoms with Gasteiger partial charge in [-0.05, 0) is 70.2 Å². The number of rotatable bonds is 6. The average Bonchev–Trinajstić information content (AvgIpc) is 3.51. The number of pyridine rings is 1. The van der Waals surface area contributed by atoms with Crippen molar-refractivity contribution in [1.82, 2.24) is 14.5 Å². The molecule has 182 valence electrons. The number of imidazole rings is 1. The Labute approximate surface area is 204 Å². The highest BCUT2D eigenvalue weighted by Crippen LogP contribution is 2.36. The number of benzene rings is 1. The van der Waals surface area contributed by atoms with E-state index in [9.17, 15) is 10.1 Å². The molecule has 35 heavy (non-hydrogen) atoms. The summed E-state index contributed by atoms with van der Waals surface area (Å²) in [7, 11) is 1.59. The summed E-state index contributed by atoms with van der Waals surface area (Å²) in [6.07, 6.45) is 8.67. The molecule has 2 heterocycles. The van der Waals surface area contributed by atoms with Gasteiger partial charge in [0.15, 0.2) is 5.82 Å². The molecule has 9 heteroatoms. The van der Waals surface area contributed by atoms with Crippen LogP contribution in [0.1, 0.15) is 52.0 Å². The van der Waals surface area contributed by atoms with Gasteiger partial charge in [-0.3, -0.25) is 9.88 Å². The van der Waals surface area contributed by atoms with Gasteiger partial charge in [0.25, 0.3) is 0 Å². The molecule has 0 saturated heterocycles. The van der Waals surface area contributed by atoms with Crippen molar-refractivity contribution in [3.05, 3.63) is 48.5 Å². The molecule has 1 aromatic carbocycles. The highest BCUT2D eigenvalue weighted by molar-refractivity contribution is 5.87. The summed E-state index contributed by atoms with van der Waals surface area (Å²) in [5.41, 5.74) is 0.904. The number of nitriles is 1. The molecule has 1 N–H and O–H groups in total. The lowest BCUT2D eigenvalue weighted by molar-refractivity contribution is 0.0635. The summed E-state index contributed by atoms with van der Waals surface area (Å²) in [5, 5.41) is 12.8. The summed E-state index contributed by atoms with van der Waals surface area (Å²) in [6.45, 7) is 5.34. The van der Waals surface area contributed by atoms with Crippen molar-refractivity contribution in [2.75, 3.05) is 12.4 Å². The van der Waals surface area contributed by atoms with Crippen molar-refractivity contribution in [2.24, 2.45) is 0 Å². The van der Waals surface area contributed by atoms with E-state index in [1.165, 1.54) is 0 Å². The first kappa shape index (κ1) is 24.1. The molecule has 0 unspecified atom stereocenters. The number of methoxy groups -OCH3 is 1. The van der Waals surface area contributed by atoms with Gasteiger partial charge in [0.2, 0.25) is 0 Å². The summed E-state index contributed by atoms with van der Waals surface area (Å²) in [5.74, 6) is 1.83. The van der Waals surface area contributed by atoms with Crippen molar-refractivity contribution in [1.29, 1.82) is 5.26 Å². The molecule has 0 radical (unpaired) electrons. The molecular weight excluding hydrogens is 446 g/mol. The third-order valence-electron chi connectivity index (χ3n) is 5.52. The Hall–Kier alpha value is -4.06. The zero-order valence-corrected chi connectivity index (χ0v) is 20.4. The monoisotopic (exact) mass is 475 g/mol. The molecule has 9 nitrogen and oxygen atoms in total. The summed E-state index contributed by atoms with van der Waals surface area (Å²) in [6, 6.07) is 9.46. The first-order valence-corrected chi connectivity index (χ1v) is 11.6. The van der Waals surface area contributed by atoms with E-state index in [1.807, 2.05) is 18.2 Å². The van der Waals surface area contributed by atoms with E-state index in [4.69, 9.17) is 14.2 Å². The van der Waals surface area contributed by atoms with E-state index >= 15 is 0 Å². The molecule has 0 bridgehead atoms. The molecule has 1 aliphatic rings. The third-order valence-corrected chi connectivity index (χ3v) is 5.52. The van der Waals surface area contributed by atoms with E-state index in [1.54, 1.807) is 57.2 Å². The second kappa shape index (κ2) is 10.1. The molecule has 0 atom stereocenters. The Morgan fingerprint density at radius 1 is 1.17 bits per heavy atom. The second-order valence-corrected chi connectivity index (χ2v) is 9.38. The lowest BCUT2D eigenvalue weighted by Gasteiger charge is -2.20. The molecule has 2 aromatic heterocycles. The number of nitrogens with zero attached hydrogens (tertiary/aromatic N) is 4. The highest BCUT2D eigenvalue weighted by atomic mass is 16.6. The van der Waals surface area contributed by atoms with Gasteiger partial charge in [-0.1, -0.05) is 0 Å². The predicted octanol–water partition coefficient (Wildman–Crippen LogP) is 5.48. The van der Waals surface area contributed by atoms with Gasteiger partial charge >= 0.3 is 6.09 Å². The number of hydrogen-bond acceptors (Lipinski definition) is 7. The van der Waals surface area contributed by atoms with Crippen molar-refractivity contribution in [2.45, 2.75) is 58.2 Å². The second-order valence-electron chi connectivity index (χ2n) is 9.38. The van der Waals surface area contributed by atoms with E-state index in [2.05, 4.69) is 21.4 Å². The van der Waals surface area contributed by atoms with Crippen molar-refractivity contribution >= 4 is 11.9 Å². The van der Waals surface area contributed by atoms with Crippen molar-refractivity contribution in [3.63, 3.8) is 0 Å². The molecule has 4 rings (SSSR count). The van der Waals surface area contributed by atoms with Gasteiger partial charge in [0, 0.05) is 24.0 Å². The normalized spacial score (nSPS) is 13.8. The van der Waals surface area contributed by atoms with E-state index in [-0.39, 0.29) is 11.9 Å². The van der Waals surface area contributed by atoms with Crippen LogP contribution in [0.2, 0.25) is 0 Å². The quantitative estimate of drug-likeness (QED) is 0.502. The minimum atomic E-state index is -0.675. The predicted molar refractivity (Wildman–Crippen MR) is 131 cm³/mol. The topological polar surface area (TPSA) is 111 Å². The van der Waals surface area contributed by atoms with Gasteiger partial charge in [-0.25, -0.2) is 14.8 Å². The van der Waals surface area contributed by atoms with Gasteiger partial charge in [0.05, 0.1) is 13.2 Å². The van der Waals surface area contributed by atoms with Crippen molar-refractivity contribution in [3.8, 4) is 34.5 Å². The molecule has 1 fully saturated rings. The number of hydrogen-bond donors (Lipinski definition) is 1. The van der Waals surface area contributed by atoms with E-state index < -0.39 is 11.7 Å². The Morgan fingerprint density at radius 3 is 2.54 bits per heavy atom. The zero-order valence-electron chi connectivity index (χ0n) is 20.4. The molecular formula is C26H29N5O4. The summed E-state index contributed by atoms with van der Waals surface area (Å²) >= 11 is 0. The largest absolute Gasteiger partial charge is 0.497 e. The van der Waals surface area contributed by atoms with Crippen LogP contribution >= 0.6 is 0 Å². The van der Waals surface area contributed by atoms with E-state index in [0.717, 1.165) is 25.7 Å². The fourth-order valence-corrected chi connectivity index (χ4v) is 4.02. The molecule has 1 amide bonds. The van der Waals surface area contributed by atoms with Crippen LogP contribution in [0, 0.1) is 11.3 Å². The Kier molecular flexibility index (Phi) is 6.92. The zero-order chi connectivity index (χ0) is 25.0. The number of carbonyl (C=O) groups is 1.